The van der Waals surface area contributed by atoms with Gasteiger partial charge in [-0.1, -0.05) is 18.2 Å². The molecule has 3 rings (SSSR count). The summed E-state index contributed by atoms with van der Waals surface area (Å²) in [6, 6.07) is 11.0. The number of rotatable bonds is 5. The maximum atomic E-state index is 12.5. The molecule has 0 fully saturated rings. The minimum atomic E-state index is -0.325. The Morgan fingerprint density at radius 2 is 2.12 bits per heavy atom. The summed E-state index contributed by atoms with van der Waals surface area (Å²) in [4.78, 5) is 29.7. The van der Waals surface area contributed by atoms with Gasteiger partial charge in [0.1, 0.15) is 0 Å². The summed E-state index contributed by atoms with van der Waals surface area (Å²) in [6.45, 7) is 2.29. The number of hydrogen-bond acceptors (Lipinski definition) is 5. The highest BCUT2D eigenvalue weighted by Gasteiger charge is 2.09. The second kappa shape index (κ2) is 7.10. The van der Waals surface area contributed by atoms with Gasteiger partial charge >= 0.3 is 0 Å². The van der Waals surface area contributed by atoms with E-state index >= 15 is 0 Å². The van der Waals surface area contributed by atoms with Gasteiger partial charge in [-0.05, 0) is 36.6 Å². The molecule has 3 aromatic rings. The number of benzene rings is 1. The zero-order chi connectivity index (χ0) is 16.9. The highest BCUT2D eigenvalue weighted by Crippen LogP contribution is 2.11. The zero-order valence-corrected chi connectivity index (χ0v) is 13.8. The van der Waals surface area contributed by atoms with Gasteiger partial charge in [0.15, 0.2) is 0 Å². The Morgan fingerprint density at radius 3 is 2.88 bits per heavy atom. The summed E-state index contributed by atoms with van der Waals surface area (Å²) >= 11 is 1.54. The summed E-state index contributed by atoms with van der Waals surface area (Å²) in [5.41, 5.74) is 5.70. The molecule has 1 aromatic carbocycles. The molecule has 0 radical (unpaired) electrons. The van der Waals surface area contributed by atoms with Gasteiger partial charge in [0.25, 0.3) is 11.5 Å². The number of aromatic nitrogens is 2. The molecule has 2 heterocycles. The predicted molar refractivity (Wildman–Crippen MR) is 96.8 cm³/mol. The summed E-state index contributed by atoms with van der Waals surface area (Å²) < 4.78 is 1.48. The van der Waals surface area contributed by atoms with Crippen LogP contribution in [0.3, 0.4) is 0 Å². The Labute approximate surface area is 142 Å². The molecule has 0 saturated heterocycles. The van der Waals surface area contributed by atoms with Crippen LogP contribution in [0.5, 0.6) is 0 Å². The van der Waals surface area contributed by atoms with Crippen LogP contribution >= 0.6 is 11.3 Å². The number of carbonyl (C=O) groups is 1. The molecule has 0 atom stereocenters. The van der Waals surface area contributed by atoms with Gasteiger partial charge in [0.05, 0.1) is 10.9 Å². The summed E-state index contributed by atoms with van der Waals surface area (Å²) in [5, 5.41) is 2.49. The van der Waals surface area contributed by atoms with Crippen LogP contribution in [0, 0.1) is 0 Å². The molecular formula is C17H16N4O2S. The first kappa shape index (κ1) is 15.9. The van der Waals surface area contributed by atoms with E-state index in [2.05, 4.69) is 15.8 Å². The van der Waals surface area contributed by atoms with Gasteiger partial charge in [-0.25, -0.2) is 4.98 Å². The number of anilines is 1. The maximum absolute atomic E-state index is 12.5. The Bertz CT molecular complexity index is 945. The highest BCUT2D eigenvalue weighted by atomic mass is 32.1. The minimum Gasteiger partial charge on any atom is -0.277 e. The average Bonchev–Trinajstić information content (AvgIpc) is 3.12. The van der Waals surface area contributed by atoms with Crippen molar-refractivity contribution >= 4 is 40.2 Å². The number of hydrogen-bond donors (Lipinski definition) is 2. The quantitative estimate of drug-likeness (QED) is 0.553. The van der Waals surface area contributed by atoms with Gasteiger partial charge in [0.2, 0.25) is 5.95 Å². The van der Waals surface area contributed by atoms with Crippen molar-refractivity contribution in [1.82, 2.24) is 15.0 Å². The lowest BCUT2D eigenvalue weighted by Gasteiger charge is -2.13. The van der Waals surface area contributed by atoms with Crippen molar-refractivity contribution in [2.45, 2.75) is 13.5 Å². The molecular weight excluding hydrogens is 324 g/mol. The van der Waals surface area contributed by atoms with Crippen LogP contribution in [0.25, 0.3) is 17.0 Å². The molecule has 0 aliphatic carbocycles. The van der Waals surface area contributed by atoms with E-state index in [9.17, 15) is 9.59 Å². The fraction of sp³-hybridized carbons (Fsp3) is 0.118. The first-order chi connectivity index (χ1) is 11.7. The number of hydrazine groups is 1. The van der Waals surface area contributed by atoms with Crippen LogP contribution < -0.4 is 16.4 Å². The minimum absolute atomic E-state index is 0.144. The second-order valence-electron chi connectivity index (χ2n) is 4.96. The lowest BCUT2D eigenvalue weighted by Crippen LogP contribution is -2.33. The van der Waals surface area contributed by atoms with Gasteiger partial charge < -0.3 is 0 Å². The number of carbonyl (C=O) groups excluding carboxylic acids is 1. The van der Waals surface area contributed by atoms with Crippen LogP contribution in [0.1, 0.15) is 11.8 Å². The normalized spacial score (nSPS) is 11.0. The van der Waals surface area contributed by atoms with Crippen LogP contribution in [0.15, 0.2) is 52.6 Å². The van der Waals surface area contributed by atoms with E-state index in [4.69, 9.17) is 0 Å². The Balaban J connectivity index is 1.79. The van der Waals surface area contributed by atoms with E-state index in [0.717, 1.165) is 4.88 Å². The average molecular weight is 340 g/mol. The smallest absolute Gasteiger partial charge is 0.262 e. The Morgan fingerprint density at radius 1 is 1.29 bits per heavy atom. The second-order valence-corrected chi connectivity index (χ2v) is 5.94. The van der Waals surface area contributed by atoms with Crippen LogP contribution in [0.2, 0.25) is 0 Å². The fourth-order valence-electron chi connectivity index (χ4n) is 2.26. The lowest BCUT2D eigenvalue weighted by molar-refractivity contribution is -0.116. The SMILES string of the molecule is CCn1c(NNC(=O)/C=C/c2cccs2)nc2ccccc2c1=O. The van der Waals surface area contributed by atoms with Crippen LogP contribution in [0.4, 0.5) is 5.95 Å². The van der Waals surface area contributed by atoms with E-state index in [1.807, 2.05) is 30.5 Å². The Kier molecular flexibility index (Phi) is 4.72. The molecule has 7 heteroatoms. The van der Waals surface area contributed by atoms with E-state index in [1.165, 1.54) is 10.6 Å². The standard InChI is InChI=1S/C17H16N4O2S/c1-2-21-16(23)13-7-3-4-8-14(13)18-17(21)20-19-15(22)10-9-12-6-5-11-24-12/h3-11H,2H2,1H3,(H,18,20)(H,19,22)/b10-9+. The maximum Gasteiger partial charge on any atom is 0.262 e. The van der Waals surface area contributed by atoms with E-state index in [0.29, 0.717) is 23.4 Å². The Hall–Kier alpha value is -2.93. The fourth-order valence-corrected chi connectivity index (χ4v) is 2.88. The van der Waals surface area contributed by atoms with E-state index in [-0.39, 0.29) is 11.5 Å². The van der Waals surface area contributed by atoms with Crippen LogP contribution in [-0.4, -0.2) is 15.5 Å². The lowest BCUT2D eigenvalue weighted by atomic mass is 10.2. The van der Waals surface area contributed by atoms with Gasteiger partial charge in [-0.3, -0.25) is 25.0 Å². The van der Waals surface area contributed by atoms with Gasteiger partial charge in [-0.15, -0.1) is 11.3 Å². The molecule has 0 bridgehead atoms. The first-order valence-corrected chi connectivity index (χ1v) is 8.34. The molecule has 2 N–H and O–H groups in total. The molecule has 2 aromatic heterocycles. The molecule has 0 unspecified atom stereocenters. The van der Waals surface area contributed by atoms with Crippen molar-refractivity contribution in [3.05, 3.63) is 63.1 Å². The molecule has 1 amide bonds. The van der Waals surface area contributed by atoms with Crippen molar-refractivity contribution in [1.29, 1.82) is 0 Å². The van der Waals surface area contributed by atoms with Crippen molar-refractivity contribution in [2.24, 2.45) is 0 Å². The first-order valence-electron chi connectivity index (χ1n) is 7.46. The molecule has 0 aliphatic rings. The van der Waals surface area contributed by atoms with Crippen molar-refractivity contribution < 1.29 is 4.79 Å². The summed E-state index contributed by atoms with van der Waals surface area (Å²) in [5.74, 6) is -0.0208. The number of amides is 1. The van der Waals surface area contributed by atoms with E-state index < -0.39 is 0 Å². The zero-order valence-electron chi connectivity index (χ0n) is 13.0. The number of fused-ring (bicyclic) bond motifs is 1. The van der Waals surface area contributed by atoms with E-state index in [1.54, 1.807) is 35.6 Å². The third kappa shape index (κ3) is 3.36. The van der Waals surface area contributed by atoms with Crippen molar-refractivity contribution in [3.8, 4) is 0 Å². The van der Waals surface area contributed by atoms with Gasteiger partial charge in [0, 0.05) is 17.5 Å². The number of nitrogens with one attached hydrogen (secondary N) is 2. The topological polar surface area (TPSA) is 76.0 Å². The third-order valence-electron chi connectivity index (χ3n) is 3.42. The molecule has 0 spiro atoms. The third-order valence-corrected chi connectivity index (χ3v) is 4.26. The number of thiophene rings is 1. The highest BCUT2D eigenvalue weighted by molar-refractivity contribution is 7.10. The number of para-hydroxylation sites is 1. The molecule has 122 valence electrons. The molecule has 0 aliphatic heterocycles. The van der Waals surface area contributed by atoms with Crippen LogP contribution in [-0.2, 0) is 11.3 Å². The summed E-state index contributed by atoms with van der Waals surface area (Å²) in [7, 11) is 0. The molecule has 24 heavy (non-hydrogen) atoms. The molecule has 0 saturated carbocycles. The van der Waals surface area contributed by atoms with Gasteiger partial charge in [-0.2, -0.15) is 0 Å². The van der Waals surface area contributed by atoms with Crippen molar-refractivity contribution in [3.63, 3.8) is 0 Å². The monoisotopic (exact) mass is 340 g/mol. The number of nitrogens with zero attached hydrogens (tertiary/aromatic N) is 2. The summed E-state index contributed by atoms with van der Waals surface area (Å²) in [6.07, 6.45) is 3.15. The largest absolute Gasteiger partial charge is 0.277 e. The molecule has 6 nitrogen and oxygen atoms in total. The predicted octanol–water partition coefficient (Wildman–Crippen LogP) is 2.63. The van der Waals surface area contributed by atoms with Crippen molar-refractivity contribution in [2.75, 3.05) is 5.43 Å².